The molecule has 5 nitrogen and oxygen atoms in total. The zero-order chi connectivity index (χ0) is 13.5. The Balaban J connectivity index is 1.87. The Labute approximate surface area is 111 Å². The number of hydrogen-bond acceptors (Lipinski definition) is 4. The Morgan fingerprint density at radius 3 is 2.21 bits per heavy atom. The summed E-state index contributed by atoms with van der Waals surface area (Å²) < 4.78 is 0. The van der Waals surface area contributed by atoms with Crippen LogP contribution in [0.4, 0.5) is 0 Å². The molecule has 0 aliphatic carbocycles. The number of nitrogens with two attached hydrogens (primary N) is 1. The number of aromatic nitrogens is 1. The molecule has 0 spiro atoms. The van der Waals surface area contributed by atoms with E-state index in [0.29, 0.717) is 5.56 Å². The minimum Gasteiger partial charge on any atom is -0.409 e. The Hall–Kier alpha value is -2.40. The van der Waals surface area contributed by atoms with Crippen molar-refractivity contribution in [3.8, 4) is 0 Å². The van der Waals surface area contributed by atoms with Crippen LogP contribution < -0.4 is 11.1 Å². The van der Waals surface area contributed by atoms with E-state index in [1.54, 1.807) is 12.4 Å². The lowest BCUT2D eigenvalue weighted by Crippen LogP contribution is -2.14. The highest BCUT2D eigenvalue weighted by Gasteiger charge is 1.99. The molecule has 0 fully saturated rings. The molecule has 2 rings (SSSR count). The zero-order valence-corrected chi connectivity index (χ0v) is 10.5. The maximum atomic E-state index is 8.57. The molecule has 1 heterocycles. The molecule has 1 aromatic carbocycles. The van der Waals surface area contributed by atoms with Gasteiger partial charge in [-0.2, -0.15) is 0 Å². The van der Waals surface area contributed by atoms with Crippen LogP contribution in [0.15, 0.2) is 53.9 Å². The predicted octanol–water partition coefficient (Wildman–Crippen LogP) is 1.47. The van der Waals surface area contributed by atoms with Gasteiger partial charge in [0.25, 0.3) is 0 Å². The van der Waals surface area contributed by atoms with Gasteiger partial charge in [0.1, 0.15) is 0 Å². The van der Waals surface area contributed by atoms with E-state index in [9.17, 15) is 0 Å². The van der Waals surface area contributed by atoms with Crippen molar-refractivity contribution in [2.24, 2.45) is 10.9 Å². The van der Waals surface area contributed by atoms with Crippen LogP contribution in [0.1, 0.15) is 16.7 Å². The quantitative estimate of drug-likeness (QED) is 0.327. The van der Waals surface area contributed by atoms with Crippen molar-refractivity contribution < 1.29 is 5.21 Å². The van der Waals surface area contributed by atoms with Gasteiger partial charge >= 0.3 is 0 Å². The Kier molecular flexibility index (Phi) is 4.47. The van der Waals surface area contributed by atoms with E-state index >= 15 is 0 Å². The SMILES string of the molecule is NC(=NO)c1ccc(CNCc2ccncc2)cc1. The maximum Gasteiger partial charge on any atom is 0.170 e. The lowest BCUT2D eigenvalue weighted by Gasteiger charge is -2.06. The van der Waals surface area contributed by atoms with E-state index in [0.717, 1.165) is 18.7 Å². The molecule has 0 saturated heterocycles. The Morgan fingerprint density at radius 2 is 1.63 bits per heavy atom. The van der Waals surface area contributed by atoms with E-state index in [1.807, 2.05) is 36.4 Å². The summed E-state index contributed by atoms with van der Waals surface area (Å²) in [6.07, 6.45) is 3.56. The molecule has 0 bridgehead atoms. The monoisotopic (exact) mass is 256 g/mol. The van der Waals surface area contributed by atoms with E-state index < -0.39 is 0 Å². The molecule has 0 saturated carbocycles. The van der Waals surface area contributed by atoms with Crippen molar-refractivity contribution in [2.75, 3.05) is 0 Å². The molecule has 0 aliphatic heterocycles. The Bertz CT molecular complexity index is 537. The smallest absolute Gasteiger partial charge is 0.170 e. The first-order valence-corrected chi connectivity index (χ1v) is 5.96. The summed E-state index contributed by atoms with van der Waals surface area (Å²) in [5.41, 5.74) is 8.55. The molecule has 0 aliphatic rings. The van der Waals surface area contributed by atoms with Gasteiger partial charge in [-0.15, -0.1) is 0 Å². The van der Waals surface area contributed by atoms with E-state index in [4.69, 9.17) is 10.9 Å². The average Bonchev–Trinajstić information content (AvgIpc) is 2.48. The lowest BCUT2D eigenvalue weighted by atomic mass is 10.1. The molecular formula is C14H16N4O. The van der Waals surface area contributed by atoms with E-state index in [2.05, 4.69) is 15.5 Å². The molecule has 0 atom stereocenters. The lowest BCUT2D eigenvalue weighted by molar-refractivity contribution is 0.318. The molecule has 0 radical (unpaired) electrons. The van der Waals surface area contributed by atoms with Gasteiger partial charge in [0, 0.05) is 31.0 Å². The first kappa shape index (κ1) is 13.0. The third-order valence-corrected chi connectivity index (χ3v) is 2.77. The highest BCUT2D eigenvalue weighted by atomic mass is 16.4. The number of oxime groups is 1. The van der Waals surface area contributed by atoms with Crippen molar-refractivity contribution >= 4 is 5.84 Å². The van der Waals surface area contributed by atoms with Gasteiger partial charge in [-0.3, -0.25) is 4.98 Å². The largest absolute Gasteiger partial charge is 0.409 e. The summed E-state index contributed by atoms with van der Waals surface area (Å²) in [6.45, 7) is 1.56. The first-order valence-electron chi connectivity index (χ1n) is 5.96. The minimum absolute atomic E-state index is 0.122. The van der Waals surface area contributed by atoms with Crippen molar-refractivity contribution in [1.29, 1.82) is 0 Å². The number of pyridine rings is 1. The molecule has 4 N–H and O–H groups in total. The Morgan fingerprint density at radius 1 is 1.05 bits per heavy atom. The second-order valence-corrected chi connectivity index (χ2v) is 4.14. The average molecular weight is 256 g/mol. The summed E-state index contributed by atoms with van der Waals surface area (Å²) in [5, 5.41) is 14.9. The topological polar surface area (TPSA) is 83.5 Å². The standard InChI is InChI=1S/C14H16N4O/c15-14(18-19)13-3-1-11(2-4-13)9-17-10-12-5-7-16-8-6-12/h1-8,17,19H,9-10H2,(H2,15,18). The third kappa shape index (κ3) is 3.79. The molecule has 1 aromatic heterocycles. The van der Waals surface area contributed by atoms with Crippen LogP contribution in [0.3, 0.4) is 0 Å². The maximum absolute atomic E-state index is 8.57. The van der Waals surface area contributed by atoms with Crippen LogP contribution in [0.5, 0.6) is 0 Å². The molecule has 0 amide bonds. The van der Waals surface area contributed by atoms with Gasteiger partial charge in [-0.1, -0.05) is 29.4 Å². The van der Waals surface area contributed by atoms with Crippen molar-refractivity contribution in [3.05, 3.63) is 65.5 Å². The van der Waals surface area contributed by atoms with Crippen LogP contribution in [0, 0.1) is 0 Å². The number of amidine groups is 1. The molecule has 5 heteroatoms. The van der Waals surface area contributed by atoms with Gasteiger partial charge in [-0.05, 0) is 23.3 Å². The summed E-state index contributed by atoms with van der Waals surface area (Å²) in [6, 6.07) is 11.5. The first-order chi connectivity index (χ1) is 9.29. The highest BCUT2D eigenvalue weighted by Crippen LogP contribution is 2.04. The van der Waals surface area contributed by atoms with Crippen LogP contribution in [-0.2, 0) is 13.1 Å². The van der Waals surface area contributed by atoms with Gasteiger partial charge < -0.3 is 16.3 Å². The van der Waals surface area contributed by atoms with Crippen LogP contribution in [0.2, 0.25) is 0 Å². The normalized spacial score (nSPS) is 11.5. The fourth-order valence-electron chi connectivity index (χ4n) is 1.70. The van der Waals surface area contributed by atoms with Crippen LogP contribution in [-0.4, -0.2) is 16.0 Å². The van der Waals surface area contributed by atoms with Gasteiger partial charge in [0.2, 0.25) is 0 Å². The summed E-state index contributed by atoms with van der Waals surface area (Å²) in [5.74, 6) is 0.122. The van der Waals surface area contributed by atoms with E-state index in [-0.39, 0.29) is 5.84 Å². The number of nitrogens with zero attached hydrogens (tertiary/aromatic N) is 2. The van der Waals surface area contributed by atoms with Crippen molar-refractivity contribution in [2.45, 2.75) is 13.1 Å². The summed E-state index contributed by atoms with van der Waals surface area (Å²) >= 11 is 0. The fourth-order valence-corrected chi connectivity index (χ4v) is 1.70. The van der Waals surface area contributed by atoms with Gasteiger partial charge in [0.15, 0.2) is 5.84 Å². The van der Waals surface area contributed by atoms with Crippen LogP contribution in [0.25, 0.3) is 0 Å². The number of rotatable bonds is 5. The fraction of sp³-hybridized carbons (Fsp3) is 0.143. The molecule has 2 aromatic rings. The molecule has 98 valence electrons. The second kappa shape index (κ2) is 6.51. The summed E-state index contributed by atoms with van der Waals surface area (Å²) in [7, 11) is 0. The van der Waals surface area contributed by atoms with Gasteiger partial charge in [0.05, 0.1) is 0 Å². The highest BCUT2D eigenvalue weighted by molar-refractivity contribution is 5.96. The van der Waals surface area contributed by atoms with Gasteiger partial charge in [-0.25, -0.2) is 0 Å². The summed E-state index contributed by atoms with van der Waals surface area (Å²) in [4.78, 5) is 3.97. The zero-order valence-electron chi connectivity index (χ0n) is 10.5. The predicted molar refractivity (Wildman–Crippen MR) is 73.7 cm³/mol. The number of hydrogen-bond donors (Lipinski definition) is 3. The number of nitrogens with one attached hydrogen (secondary N) is 1. The molecule has 19 heavy (non-hydrogen) atoms. The van der Waals surface area contributed by atoms with E-state index in [1.165, 1.54) is 5.56 Å². The van der Waals surface area contributed by atoms with Crippen LogP contribution >= 0.6 is 0 Å². The van der Waals surface area contributed by atoms with Crippen molar-refractivity contribution in [3.63, 3.8) is 0 Å². The number of benzene rings is 1. The molecular weight excluding hydrogens is 240 g/mol. The van der Waals surface area contributed by atoms with Crippen molar-refractivity contribution in [1.82, 2.24) is 10.3 Å². The third-order valence-electron chi connectivity index (χ3n) is 2.77. The minimum atomic E-state index is 0.122. The second-order valence-electron chi connectivity index (χ2n) is 4.14. The molecule has 0 unspecified atom stereocenters.